The van der Waals surface area contributed by atoms with Crippen molar-refractivity contribution >= 4 is 176 Å². The van der Waals surface area contributed by atoms with Gasteiger partial charge in [0.2, 0.25) is 0 Å². The SMILES string of the molecule is Fc1cccc(F)c1N1c2cc3c(cc2B2c4ccccc4Oc4cc(N(c5ccccc5)c5ccccc5)cc1c42)B1c2cc4c(cc2Oc2cc(N(c5ccccc5)c5ccccc5)cc(c21)O3)N(c1c(F)cccc1F)c1cc(N(c2ccccc2)c2ccccc2)cc2c1B4c1cccc3c4ccccc4n-2c13. The molecule has 0 saturated carbocycles. The van der Waals surface area contributed by atoms with Gasteiger partial charge < -0.3 is 43.3 Å². The number of hydrogen-bond donors (Lipinski definition) is 0. The molecule has 0 N–H and O–H groups in total. The van der Waals surface area contributed by atoms with Gasteiger partial charge in [0.1, 0.15) is 69.1 Å². The molecule has 6 aliphatic rings. The number of hydrogen-bond acceptors (Lipinski definition) is 8. The number of anilines is 15. The Hall–Kier alpha value is -14.4. The van der Waals surface area contributed by atoms with Crippen molar-refractivity contribution in [3.05, 3.63) is 369 Å². The molecule has 16 heteroatoms. The van der Waals surface area contributed by atoms with Gasteiger partial charge in [-0.05, 0) is 171 Å². The summed E-state index contributed by atoms with van der Waals surface area (Å²) in [4.78, 5) is 9.97. The first-order valence-corrected chi connectivity index (χ1v) is 37.5. The number of halogens is 4. The van der Waals surface area contributed by atoms with Gasteiger partial charge in [0.15, 0.2) is 0 Å². The van der Waals surface area contributed by atoms with Gasteiger partial charge in [-0.1, -0.05) is 188 Å². The van der Waals surface area contributed by atoms with Crippen molar-refractivity contribution in [1.82, 2.24) is 4.57 Å². The van der Waals surface area contributed by atoms with E-state index in [1.807, 2.05) is 176 Å². The Labute approximate surface area is 642 Å². The minimum absolute atomic E-state index is 0.258. The predicted octanol–water partition coefficient (Wildman–Crippen LogP) is 19.5. The molecular weight excluding hydrogens is 1390 g/mol. The maximum Gasteiger partial charge on any atom is 0.260 e. The highest BCUT2D eigenvalue weighted by molar-refractivity contribution is 7.03. The zero-order valence-corrected chi connectivity index (χ0v) is 59.6. The second-order valence-electron chi connectivity index (χ2n) is 29.1. The van der Waals surface area contributed by atoms with E-state index in [0.717, 1.165) is 111 Å². The molecule has 0 saturated heterocycles. The van der Waals surface area contributed by atoms with Crippen LogP contribution in [0.4, 0.5) is 103 Å². The topological polar surface area (TPSA) is 48.8 Å². The highest BCUT2D eigenvalue weighted by atomic mass is 19.1. The molecule has 0 bridgehead atoms. The zero-order valence-electron chi connectivity index (χ0n) is 59.6. The van der Waals surface area contributed by atoms with Crippen LogP contribution in [0.2, 0.25) is 0 Å². The summed E-state index contributed by atoms with van der Waals surface area (Å²) in [5.41, 5.74) is 18.9. The van der Waals surface area contributed by atoms with Gasteiger partial charge >= 0.3 is 0 Å². The summed E-state index contributed by atoms with van der Waals surface area (Å²) in [7, 11) is 0. The van der Waals surface area contributed by atoms with Crippen molar-refractivity contribution in [3.8, 4) is 40.2 Å². The number of para-hydroxylation sites is 11. The molecule has 0 radical (unpaired) electrons. The Balaban J connectivity index is 0.815. The van der Waals surface area contributed by atoms with Gasteiger partial charge in [-0.2, -0.15) is 0 Å². The van der Waals surface area contributed by atoms with E-state index in [2.05, 4.69) is 153 Å². The Morgan fingerprint density at radius 1 is 0.232 bits per heavy atom. The number of benzene rings is 16. The minimum Gasteiger partial charge on any atom is -0.458 e. The molecule has 526 valence electrons. The van der Waals surface area contributed by atoms with Gasteiger partial charge in [0.25, 0.3) is 20.1 Å². The van der Waals surface area contributed by atoms with Crippen LogP contribution < -0.4 is 87.9 Å². The number of fused-ring (bicyclic) bond motifs is 15. The van der Waals surface area contributed by atoms with Crippen molar-refractivity contribution in [3.63, 3.8) is 0 Å². The van der Waals surface area contributed by atoms with Crippen molar-refractivity contribution in [2.45, 2.75) is 0 Å². The second-order valence-corrected chi connectivity index (χ2v) is 29.1. The van der Waals surface area contributed by atoms with E-state index in [1.165, 1.54) is 36.4 Å². The van der Waals surface area contributed by atoms with Crippen LogP contribution in [-0.2, 0) is 0 Å². The van der Waals surface area contributed by atoms with Crippen LogP contribution in [0.3, 0.4) is 0 Å². The molecule has 17 aromatic rings. The van der Waals surface area contributed by atoms with E-state index in [9.17, 15) is 0 Å². The zero-order chi connectivity index (χ0) is 74.1. The molecule has 0 aliphatic carbocycles. The molecule has 0 spiro atoms. The number of aromatic nitrogens is 1. The number of ether oxygens (including phenoxy) is 3. The largest absolute Gasteiger partial charge is 0.458 e. The molecule has 0 atom stereocenters. The fraction of sp³-hybridized carbons (Fsp3) is 0. The van der Waals surface area contributed by atoms with E-state index in [0.29, 0.717) is 74.1 Å². The summed E-state index contributed by atoms with van der Waals surface area (Å²) >= 11 is 0. The van der Waals surface area contributed by atoms with E-state index in [1.54, 1.807) is 9.80 Å². The molecule has 9 nitrogen and oxygen atoms in total. The summed E-state index contributed by atoms with van der Waals surface area (Å²) in [6, 6.07) is 112. The van der Waals surface area contributed by atoms with Crippen molar-refractivity contribution in [1.29, 1.82) is 0 Å². The van der Waals surface area contributed by atoms with Gasteiger partial charge in [-0.25, -0.2) is 17.6 Å². The molecule has 0 fully saturated rings. The first-order chi connectivity index (χ1) is 55.2. The predicted molar refractivity (Wildman–Crippen MR) is 448 cm³/mol. The maximum absolute atomic E-state index is 17.9. The van der Waals surface area contributed by atoms with Gasteiger partial charge in [-0.3, -0.25) is 0 Å². The first kappa shape index (κ1) is 63.7. The molecule has 23 rings (SSSR count). The van der Waals surface area contributed by atoms with Crippen molar-refractivity contribution in [2.24, 2.45) is 0 Å². The highest BCUT2D eigenvalue weighted by Gasteiger charge is 2.51. The molecule has 16 aromatic carbocycles. The Morgan fingerprint density at radius 3 is 1.06 bits per heavy atom. The van der Waals surface area contributed by atoms with E-state index < -0.39 is 43.4 Å². The van der Waals surface area contributed by atoms with Crippen LogP contribution in [0.1, 0.15) is 0 Å². The fourth-order valence-electron chi connectivity index (χ4n) is 18.6. The summed E-state index contributed by atoms with van der Waals surface area (Å²) in [6.45, 7) is -1.82. The van der Waals surface area contributed by atoms with Crippen LogP contribution in [0, 0.1) is 23.3 Å². The molecule has 112 heavy (non-hydrogen) atoms. The lowest BCUT2D eigenvalue weighted by Gasteiger charge is -2.43. The third-order valence-electron chi connectivity index (χ3n) is 23.1. The third kappa shape index (κ3) is 9.41. The van der Waals surface area contributed by atoms with Gasteiger partial charge in [0.05, 0.1) is 22.6 Å². The Morgan fingerprint density at radius 2 is 0.580 bits per heavy atom. The summed E-state index contributed by atoms with van der Waals surface area (Å²) in [5.74, 6) is -0.111. The molecule has 6 aliphatic heterocycles. The number of nitrogens with zero attached hydrogens (tertiary/aromatic N) is 6. The van der Waals surface area contributed by atoms with Crippen LogP contribution in [0.25, 0.3) is 27.5 Å². The van der Waals surface area contributed by atoms with Crippen LogP contribution in [0.15, 0.2) is 346 Å². The van der Waals surface area contributed by atoms with Crippen molar-refractivity contribution in [2.75, 3.05) is 24.5 Å². The average molecular weight is 1450 g/mol. The smallest absolute Gasteiger partial charge is 0.260 e. The molecule has 7 heterocycles. The van der Waals surface area contributed by atoms with E-state index >= 15 is 17.6 Å². The quantitative estimate of drug-likeness (QED) is 0.0938. The summed E-state index contributed by atoms with van der Waals surface area (Å²) < 4.78 is 96.1. The van der Waals surface area contributed by atoms with E-state index in [-0.39, 0.29) is 11.4 Å². The third-order valence-corrected chi connectivity index (χ3v) is 23.1. The second kappa shape index (κ2) is 24.6. The van der Waals surface area contributed by atoms with Gasteiger partial charge in [0, 0.05) is 115 Å². The normalized spacial score (nSPS) is 13.1. The van der Waals surface area contributed by atoms with Crippen LogP contribution in [-0.4, -0.2) is 24.7 Å². The lowest BCUT2D eigenvalue weighted by Crippen LogP contribution is -2.64. The standard InChI is InChI=1S/C96H57B3F4N6O3/c100-75-42-24-43-76(101)95(75)108-81-57-87-74(55-72(81)98-70-41-23-39-68-67-38-19-21-46-79(67)107(94(68)70)82-48-64(49-83(108)91(82)98)104(58-26-7-1-8-27-58)59-28-9-2-10-29-59)99-73-54-71-80(56-86(73)111-89-52-66(53-90(112-87)93(89)99)106(62-34-15-5-16-35-62)63-36-17-6-18-37-63)109(96-77(102)44-25-45-78(96)103)84-50-65(51-88-92(84)97(71)69-40-20-22-47-85(69)110-88)105(60-30-11-3-12-31-60)61-32-13-4-14-33-61/h1-57H. The van der Waals surface area contributed by atoms with Crippen molar-refractivity contribution < 1.29 is 31.8 Å². The van der Waals surface area contributed by atoms with E-state index in [4.69, 9.17) is 14.2 Å². The van der Waals surface area contributed by atoms with Gasteiger partial charge in [-0.15, -0.1) is 0 Å². The molecule has 0 unspecified atom stereocenters. The van der Waals surface area contributed by atoms with Crippen LogP contribution >= 0.6 is 0 Å². The first-order valence-electron chi connectivity index (χ1n) is 37.5. The molecule has 1 aromatic heterocycles. The fourth-order valence-corrected chi connectivity index (χ4v) is 18.6. The Bertz CT molecular complexity index is 6630. The number of rotatable bonds is 11. The monoisotopic (exact) mass is 1450 g/mol. The molecular formula is C96H57B3F4N6O3. The average Bonchev–Trinajstić information content (AvgIpc) is 1.14. The lowest BCUT2D eigenvalue weighted by atomic mass is 9.30. The van der Waals surface area contributed by atoms with Crippen LogP contribution in [0.5, 0.6) is 34.5 Å². The lowest BCUT2D eigenvalue weighted by molar-refractivity contribution is 0.465. The highest BCUT2D eigenvalue weighted by Crippen LogP contribution is 2.53. The maximum atomic E-state index is 17.9. The minimum atomic E-state index is -0.777. The Kier molecular flexibility index (Phi) is 14.0. The summed E-state index contributed by atoms with van der Waals surface area (Å²) in [6.07, 6.45) is 0. The summed E-state index contributed by atoms with van der Waals surface area (Å²) in [5, 5.41) is 2.11. The molecule has 0 amide bonds.